The van der Waals surface area contributed by atoms with Gasteiger partial charge in [-0.25, -0.2) is 0 Å². The Balaban J connectivity index is 1.52. The highest BCUT2D eigenvalue weighted by atomic mass is 16.5. The highest BCUT2D eigenvalue weighted by Crippen LogP contribution is 2.27. The summed E-state index contributed by atoms with van der Waals surface area (Å²) in [4.78, 5) is 26.7. The zero-order valence-corrected chi connectivity index (χ0v) is 17.3. The number of hydrogen-bond donors (Lipinski definition) is 1. The van der Waals surface area contributed by atoms with E-state index >= 15 is 0 Å². The predicted octanol–water partition coefficient (Wildman–Crippen LogP) is 4.10. The van der Waals surface area contributed by atoms with Crippen LogP contribution in [0.2, 0.25) is 0 Å². The Labute approximate surface area is 173 Å². The van der Waals surface area contributed by atoms with Crippen molar-refractivity contribution in [3.63, 3.8) is 0 Å². The molecular weight excluding hydrogens is 364 g/mol. The predicted molar refractivity (Wildman–Crippen MR) is 115 cm³/mol. The molecule has 1 fully saturated rings. The first-order valence-corrected chi connectivity index (χ1v) is 10.5. The van der Waals surface area contributed by atoms with Crippen LogP contribution in [0.1, 0.15) is 44.2 Å². The van der Waals surface area contributed by atoms with Crippen molar-refractivity contribution in [2.75, 3.05) is 18.1 Å². The Morgan fingerprint density at radius 2 is 1.76 bits per heavy atom. The van der Waals surface area contributed by atoms with Crippen molar-refractivity contribution in [2.45, 2.75) is 46.1 Å². The molecule has 29 heavy (non-hydrogen) atoms. The van der Waals surface area contributed by atoms with Crippen LogP contribution in [-0.4, -0.2) is 25.0 Å². The largest absolute Gasteiger partial charge is 0.494 e. The molecule has 0 spiro atoms. The molecule has 1 saturated heterocycles. The molecule has 3 rings (SSSR count). The molecule has 5 nitrogen and oxygen atoms in total. The zero-order valence-electron chi connectivity index (χ0n) is 17.3. The summed E-state index contributed by atoms with van der Waals surface area (Å²) in [6.07, 6.45) is 3.35. The summed E-state index contributed by atoms with van der Waals surface area (Å²) in [5.41, 5.74) is 3.15. The number of benzene rings is 2. The van der Waals surface area contributed by atoms with Crippen molar-refractivity contribution in [1.82, 2.24) is 5.32 Å². The summed E-state index contributed by atoms with van der Waals surface area (Å²) in [5, 5.41) is 2.97. The first kappa shape index (κ1) is 20.9. The quantitative estimate of drug-likeness (QED) is 0.652. The van der Waals surface area contributed by atoms with Gasteiger partial charge in [-0.15, -0.1) is 0 Å². The molecule has 0 radical (unpaired) electrons. The second-order valence-electron chi connectivity index (χ2n) is 7.49. The van der Waals surface area contributed by atoms with Crippen molar-refractivity contribution in [2.24, 2.45) is 5.92 Å². The molecule has 1 N–H and O–H groups in total. The molecule has 154 valence electrons. The Bertz CT molecular complexity index is 815. The number of anilines is 1. The van der Waals surface area contributed by atoms with Gasteiger partial charge in [-0.1, -0.05) is 44.5 Å². The van der Waals surface area contributed by atoms with Crippen LogP contribution < -0.4 is 15.0 Å². The minimum absolute atomic E-state index is 0.0166. The smallest absolute Gasteiger partial charge is 0.227 e. The second kappa shape index (κ2) is 10.1. The summed E-state index contributed by atoms with van der Waals surface area (Å²) in [5.74, 6) is 0.396. The molecule has 5 heteroatoms. The molecule has 2 aromatic carbocycles. The van der Waals surface area contributed by atoms with Gasteiger partial charge in [0.2, 0.25) is 11.8 Å². The summed E-state index contributed by atoms with van der Waals surface area (Å²) >= 11 is 0. The maximum atomic E-state index is 12.6. The standard InChI is InChI=1S/C24H30N2O3/c1-3-5-14-29-22-12-10-21(11-13-22)26-17-20(15-23(26)27)24(28)25-16-19-8-6-18(4-2)7-9-19/h6-13,20H,3-5,14-17H2,1-2H3,(H,25,28). The van der Waals surface area contributed by atoms with Crippen LogP contribution in [0, 0.1) is 5.92 Å². The Morgan fingerprint density at radius 3 is 2.41 bits per heavy atom. The number of amides is 2. The normalized spacial score (nSPS) is 16.1. The molecule has 2 aromatic rings. The van der Waals surface area contributed by atoms with Crippen LogP contribution >= 0.6 is 0 Å². The molecule has 1 unspecified atom stereocenters. The van der Waals surface area contributed by atoms with Crippen LogP contribution in [0.5, 0.6) is 5.75 Å². The average Bonchev–Trinajstić information content (AvgIpc) is 3.15. The van der Waals surface area contributed by atoms with E-state index in [1.54, 1.807) is 4.90 Å². The van der Waals surface area contributed by atoms with Gasteiger partial charge in [0.15, 0.2) is 0 Å². The van der Waals surface area contributed by atoms with Crippen LogP contribution in [0.15, 0.2) is 48.5 Å². The lowest BCUT2D eigenvalue weighted by Gasteiger charge is -2.17. The van der Waals surface area contributed by atoms with Crippen molar-refractivity contribution in [3.05, 3.63) is 59.7 Å². The van der Waals surface area contributed by atoms with Gasteiger partial charge in [-0.3, -0.25) is 9.59 Å². The number of hydrogen-bond acceptors (Lipinski definition) is 3. The molecule has 0 aromatic heterocycles. The van der Waals surface area contributed by atoms with Crippen LogP contribution in [-0.2, 0) is 22.6 Å². The number of rotatable bonds is 9. The average molecular weight is 395 g/mol. The molecule has 0 bridgehead atoms. The van der Waals surface area contributed by atoms with Gasteiger partial charge >= 0.3 is 0 Å². The number of unbranched alkanes of at least 4 members (excludes halogenated alkanes) is 1. The van der Waals surface area contributed by atoms with Crippen LogP contribution in [0.3, 0.4) is 0 Å². The maximum absolute atomic E-state index is 12.6. The maximum Gasteiger partial charge on any atom is 0.227 e. The Morgan fingerprint density at radius 1 is 1.07 bits per heavy atom. The first-order chi connectivity index (χ1) is 14.1. The fourth-order valence-electron chi connectivity index (χ4n) is 3.42. The van der Waals surface area contributed by atoms with Gasteiger partial charge in [0.1, 0.15) is 5.75 Å². The zero-order chi connectivity index (χ0) is 20.6. The van der Waals surface area contributed by atoms with Gasteiger partial charge in [0.05, 0.1) is 12.5 Å². The van der Waals surface area contributed by atoms with E-state index in [4.69, 9.17) is 4.74 Å². The van der Waals surface area contributed by atoms with E-state index in [1.165, 1.54) is 5.56 Å². The highest BCUT2D eigenvalue weighted by molar-refractivity contribution is 6.00. The van der Waals surface area contributed by atoms with Crippen molar-refractivity contribution < 1.29 is 14.3 Å². The monoisotopic (exact) mass is 394 g/mol. The van der Waals surface area contributed by atoms with E-state index < -0.39 is 0 Å². The molecule has 0 saturated carbocycles. The molecule has 2 amide bonds. The fourth-order valence-corrected chi connectivity index (χ4v) is 3.42. The van der Waals surface area contributed by atoms with E-state index in [2.05, 4.69) is 31.3 Å². The topological polar surface area (TPSA) is 58.6 Å². The molecule has 0 aliphatic carbocycles. The lowest BCUT2D eigenvalue weighted by Crippen LogP contribution is -2.32. The van der Waals surface area contributed by atoms with Gasteiger partial charge < -0.3 is 15.0 Å². The fraction of sp³-hybridized carbons (Fsp3) is 0.417. The van der Waals surface area contributed by atoms with Gasteiger partial charge in [-0.05, 0) is 48.2 Å². The summed E-state index contributed by atoms with van der Waals surface area (Å²) in [6.45, 7) is 5.83. The summed E-state index contributed by atoms with van der Waals surface area (Å²) in [7, 11) is 0. The van der Waals surface area contributed by atoms with Crippen molar-refractivity contribution in [3.8, 4) is 5.75 Å². The third-order valence-electron chi connectivity index (χ3n) is 5.31. The van der Waals surface area contributed by atoms with Gasteiger partial charge in [0, 0.05) is 25.2 Å². The number of ether oxygens (including phenoxy) is 1. The summed E-state index contributed by atoms with van der Waals surface area (Å²) in [6, 6.07) is 15.8. The van der Waals surface area contributed by atoms with Crippen LogP contribution in [0.4, 0.5) is 5.69 Å². The number of carbonyl (C=O) groups excluding carboxylic acids is 2. The number of nitrogens with zero attached hydrogens (tertiary/aromatic N) is 1. The minimum atomic E-state index is -0.321. The van der Waals surface area contributed by atoms with E-state index in [1.807, 2.05) is 36.4 Å². The first-order valence-electron chi connectivity index (χ1n) is 10.5. The summed E-state index contributed by atoms with van der Waals surface area (Å²) < 4.78 is 5.67. The highest BCUT2D eigenvalue weighted by Gasteiger charge is 2.35. The minimum Gasteiger partial charge on any atom is -0.494 e. The Kier molecular flexibility index (Phi) is 7.28. The SMILES string of the molecule is CCCCOc1ccc(N2CC(C(=O)NCc3ccc(CC)cc3)CC2=O)cc1. The molecule has 1 aliphatic heterocycles. The number of carbonyl (C=O) groups is 2. The lowest BCUT2D eigenvalue weighted by molar-refractivity contribution is -0.126. The second-order valence-corrected chi connectivity index (χ2v) is 7.49. The Hall–Kier alpha value is -2.82. The number of aryl methyl sites for hydroxylation is 1. The van der Waals surface area contributed by atoms with E-state index in [0.717, 1.165) is 36.3 Å². The number of nitrogens with one attached hydrogen (secondary N) is 1. The third-order valence-corrected chi connectivity index (χ3v) is 5.31. The van der Waals surface area contributed by atoms with E-state index in [-0.39, 0.29) is 24.2 Å². The lowest BCUT2D eigenvalue weighted by atomic mass is 10.1. The van der Waals surface area contributed by atoms with E-state index in [9.17, 15) is 9.59 Å². The van der Waals surface area contributed by atoms with Gasteiger partial charge in [0.25, 0.3) is 0 Å². The molecule has 1 atom stereocenters. The molecule has 1 aliphatic rings. The van der Waals surface area contributed by atoms with Gasteiger partial charge in [-0.2, -0.15) is 0 Å². The van der Waals surface area contributed by atoms with E-state index in [0.29, 0.717) is 19.7 Å². The van der Waals surface area contributed by atoms with Crippen molar-refractivity contribution >= 4 is 17.5 Å². The molecular formula is C24H30N2O3. The molecule has 1 heterocycles. The van der Waals surface area contributed by atoms with Crippen molar-refractivity contribution in [1.29, 1.82) is 0 Å². The van der Waals surface area contributed by atoms with Crippen LogP contribution in [0.25, 0.3) is 0 Å². The third kappa shape index (κ3) is 5.59.